The van der Waals surface area contributed by atoms with Crippen molar-refractivity contribution in [3.8, 4) is 11.5 Å². The fourth-order valence-corrected chi connectivity index (χ4v) is 2.55. The molecule has 0 aliphatic heterocycles. The smallest absolute Gasteiger partial charge is 0.146 e. The van der Waals surface area contributed by atoms with Crippen molar-refractivity contribution in [2.75, 3.05) is 0 Å². The van der Waals surface area contributed by atoms with Crippen molar-refractivity contribution in [1.82, 2.24) is 0 Å². The van der Waals surface area contributed by atoms with Crippen molar-refractivity contribution in [1.29, 1.82) is 0 Å². The van der Waals surface area contributed by atoms with Gasteiger partial charge in [0, 0.05) is 11.1 Å². The fourth-order valence-electron chi connectivity index (χ4n) is 1.56. The minimum Gasteiger partial charge on any atom is -0.455 e. The summed E-state index contributed by atoms with van der Waals surface area (Å²) < 4.78 is 6.52. The molecule has 2 N–H and O–H groups in total. The van der Waals surface area contributed by atoms with E-state index in [1.54, 1.807) is 18.2 Å². The molecule has 0 radical (unpaired) electrons. The van der Waals surface area contributed by atoms with Crippen LogP contribution in [0.4, 0.5) is 0 Å². The molecular formula is C14H12BrCl2NO. The van der Waals surface area contributed by atoms with Crippen LogP contribution < -0.4 is 10.5 Å². The van der Waals surface area contributed by atoms with E-state index in [9.17, 15) is 0 Å². The normalized spacial score (nSPS) is 12.3. The van der Waals surface area contributed by atoms with Crippen LogP contribution >= 0.6 is 39.1 Å². The number of hydrogen-bond donors (Lipinski definition) is 1. The Morgan fingerprint density at radius 1 is 1.11 bits per heavy atom. The molecule has 19 heavy (non-hydrogen) atoms. The van der Waals surface area contributed by atoms with Crippen molar-refractivity contribution >= 4 is 39.1 Å². The summed E-state index contributed by atoms with van der Waals surface area (Å²) in [5.74, 6) is 1.23. The maximum atomic E-state index is 6.19. The van der Waals surface area contributed by atoms with Crippen molar-refractivity contribution < 1.29 is 4.74 Å². The van der Waals surface area contributed by atoms with Crippen LogP contribution in [0.25, 0.3) is 0 Å². The second-order valence-electron chi connectivity index (χ2n) is 4.16. The van der Waals surface area contributed by atoms with E-state index in [1.807, 2.05) is 25.1 Å². The summed E-state index contributed by atoms with van der Waals surface area (Å²) in [6.07, 6.45) is 0. The van der Waals surface area contributed by atoms with Gasteiger partial charge in [-0.05, 0) is 58.7 Å². The van der Waals surface area contributed by atoms with E-state index in [0.717, 1.165) is 10.0 Å². The third kappa shape index (κ3) is 3.63. The minimum absolute atomic E-state index is 0.0613. The topological polar surface area (TPSA) is 35.2 Å². The lowest BCUT2D eigenvalue weighted by Gasteiger charge is -2.12. The van der Waals surface area contributed by atoms with E-state index in [4.69, 9.17) is 33.7 Å². The molecule has 2 aromatic rings. The maximum Gasteiger partial charge on any atom is 0.146 e. The molecule has 2 rings (SSSR count). The summed E-state index contributed by atoms with van der Waals surface area (Å²) >= 11 is 15.5. The second-order valence-corrected chi connectivity index (χ2v) is 5.85. The number of benzene rings is 2. The van der Waals surface area contributed by atoms with E-state index in [0.29, 0.717) is 21.5 Å². The first-order valence-electron chi connectivity index (χ1n) is 5.65. The van der Waals surface area contributed by atoms with Crippen LogP contribution in [0.5, 0.6) is 11.5 Å². The zero-order valence-corrected chi connectivity index (χ0v) is 13.3. The quantitative estimate of drug-likeness (QED) is 0.776. The Kier molecular flexibility index (Phi) is 4.74. The molecule has 0 fully saturated rings. The summed E-state index contributed by atoms with van der Waals surface area (Å²) in [5, 5.41) is 1.16. The van der Waals surface area contributed by atoms with Crippen LogP contribution in [0.3, 0.4) is 0 Å². The van der Waals surface area contributed by atoms with E-state index >= 15 is 0 Å². The average Bonchev–Trinajstić information content (AvgIpc) is 2.34. The summed E-state index contributed by atoms with van der Waals surface area (Å²) in [5.41, 5.74) is 6.77. The van der Waals surface area contributed by atoms with E-state index in [2.05, 4.69) is 15.9 Å². The third-order valence-corrected chi connectivity index (χ3v) is 3.75. The minimum atomic E-state index is -0.0613. The summed E-state index contributed by atoms with van der Waals surface area (Å²) in [6.45, 7) is 1.90. The number of nitrogens with two attached hydrogens (primary N) is 1. The highest BCUT2D eigenvalue weighted by atomic mass is 79.9. The van der Waals surface area contributed by atoms with Crippen molar-refractivity contribution in [2.45, 2.75) is 13.0 Å². The molecule has 0 spiro atoms. The molecule has 0 amide bonds. The van der Waals surface area contributed by atoms with Gasteiger partial charge in [-0.2, -0.15) is 0 Å². The Morgan fingerprint density at radius 3 is 2.37 bits per heavy atom. The molecule has 5 heteroatoms. The van der Waals surface area contributed by atoms with E-state index in [-0.39, 0.29) is 6.04 Å². The monoisotopic (exact) mass is 359 g/mol. The van der Waals surface area contributed by atoms with Crippen LogP contribution in [0, 0.1) is 0 Å². The lowest BCUT2D eigenvalue weighted by atomic mass is 10.1. The van der Waals surface area contributed by atoms with Gasteiger partial charge in [0.15, 0.2) is 0 Å². The molecule has 0 saturated carbocycles. The van der Waals surface area contributed by atoms with Gasteiger partial charge in [0.1, 0.15) is 11.5 Å². The number of ether oxygens (including phenoxy) is 1. The van der Waals surface area contributed by atoms with E-state index in [1.165, 1.54) is 0 Å². The third-order valence-electron chi connectivity index (χ3n) is 2.60. The van der Waals surface area contributed by atoms with Crippen LogP contribution in [-0.4, -0.2) is 0 Å². The Bertz CT molecular complexity index is 602. The van der Waals surface area contributed by atoms with Crippen molar-refractivity contribution in [3.05, 3.63) is 56.5 Å². The predicted octanol–water partition coefficient (Wildman–Crippen LogP) is 5.57. The predicted molar refractivity (Wildman–Crippen MR) is 83.3 cm³/mol. The first-order chi connectivity index (χ1) is 8.97. The number of halogens is 3. The van der Waals surface area contributed by atoms with Crippen LogP contribution in [-0.2, 0) is 0 Å². The highest BCUT2D eigenvalue weighted by molar-refractivity contribution is 9.10. The fraction of sp³-hybridized carbons (Fsp3) is 0.143. The lowest BCUT2D eigenvalue weighted by molar-refractivity contribution is 0.479. The molecule has 100 valence electrons. The summed E-state index contributed by atoms with van der Waals surface area (Å²) in [7, 11) is 0. The first kappa shape index (κ1) is 14.7. The molecule has 2 aromatic carbocycles. The maximum absolute atomic E-state index is 6.19. The SMILES string of the molecule is CC(N)c1ccc(Oc2ccc(Cl)cc2Br)c(Cl)c1. The van der Waals surface area contributed by atoms with Gasteiger partial charge in [-0.25, -0.2) is 0 Å². The number of hydrogen-bond acceptors (Lipinski definition) is 2. The molecule has 0 bridgehead atoms. The van der Waals surface area contributed by atoms with Crippen molar-refractivity contribution in [2.24, 2.45) is 5.73 Å². The first-order valence-corrected chi connectivity index (χ1v) is 7.20. The summed E-state index contributed by atoms with van der Waals surface area (Å²) in [6, 6.07) is 10.8. The van der Waals surface area contributed by atoms with Gasteiger partial charge in [-0.1, -0.05) is 29.3 Å². The zero-order chi connectivity index (χ0) is 14.0. The molecule has 1 atom stereocenters. The van der Waals surface area contributed by atoms with Crippen LogP contribution in [0.2, 0.25) is 10.0 Å². The second kappa shape index (κ2) is 6.14. The highest BCUT2D eigenvalue weighted by Crippen LogP contribution is 2.35. The molecule has 0 saturated heterocycles. The molecule has 0 heterocycles. The Morgan fingerprint density at radius 2 is 1.79 bits per heavy atom. The molecule has 0 aliphatic carbocycles. The van der Waals surface area contributed by atoms with Gasteiger partial charge in [0.25, 0.3) is 0 Å². The molecular weight excluding hydrogens is 349 g/mol. The number of rotatable bonds is 3. The van der Waals surface area contributed by atoms with Gasteiger partial charge < -0.3 is 10.5 Å². The highest BCUT2D eigenvalue weighted by Gasteiger charge is 2.09. The van der Waals surface area contributed by atoms with Gasteiger partial charge in [-0.3, -0.25) is 0 Å². The summed E-state index contributed by atoms with van der Waals surface area (Å²) in [4.78, 5) is 0. The Balaban J connectivity index is 2.28. The largest absolute Gasteiger partial charge is 0.455 e. The van der Waals surface area contributed by atoms with Crippen LogP contribution in [0.1, 0.15) is 18.5 Å². The molecule has 0 aliphatic rings. The standard InChI is InChI=1S/C14H12BrCl2NO/c1-8(18)9-2-4-14(12(17)6-9)19-13-5-3-10(16)7-11(13)15/h2-8H,18H2,1H3. The zero-order valence-electron chi connectivity index (χ0n) is 10.2. The lowest BCUT2D eigenvalue weighted by Crippen LogP contribution is -2.04. The molecule has 2 nitrogen and oxygen atoms in total. The van der Waals surface area contributed by atoms with Gasteiger partial charge in [0.05, 0.1) is 9.50 Å². The van der Waals surface area contributed by atoms with E-state index < -0.39 is 0 Å². The van der Waals surface area contributed by atoms with Gasteiger partial charge in [0.2, 0.25) is 0 Å². The molecule has 0 aromatic heterocycles. The Labute approximate surface area is 130 Å². The van der Waals surface area contributed by atoms with Crippen molar-refractivity contribution in [3.63, 3.8) is 0 Å². The Hall–Kier alpha value is -0.740. The molecule has 1 unspecified atom stereocenters. The average molecular weight is 361 g/mol. The van der Waals surface area contributed by atoms with Gasteiger partial charge in [-0.15, -0.1) is 0 Å². The van der Waals surface area contributed by atoms with Crippen LogP contribution in [0.15, 0.2) is 40.9 Å². The van der Waals surface area contributed by atoms with Gasteiger partial charge >= 0.3 is 0 Å².